The van der Waals surface area contributed by atoms with E-state index in [1.54, 1.807) is 0 Å². The van der Waals surface area contributed by atoms with E-state index in [9.17, 15) is 13.2 Å². The number of ether oxygens (including phenoxy) is 1. The summed E-state index contributed by atoms with van der Waals surface area (Å²) in [5.41, 5.74) is 2.97. The van der Waals surface area contributed by atoms with Crippen LogP contribution >= 0.6 is 0 Å². The average molecular weight is 467 g/mol. The van der Waals surface area contributed by atoms with Crippen LogP contribution in [0.1, 0.15) is 80.9 Å². The summed E-state index contributed by atoms with van der Waals surface area (Å²) < 4.78 is 40.7. The summed E-state index contributed by atoms with van der Waals surface area (Å²) in [6.45, 7) is 2.11. The Kier molecular flexibility index (Phi) is 8.03. The van der Waals surface area contributed by atoms with E-state index in [1.165, 1.54) is 81.2 Å². The third kappa shape index (κ3) is 6.92. The van der Waals surface area contributed by atoms with Crippen LogP contribution in [0.4, 0.5) is 13.2 Å². The van der Waals surface area contributed by atoms with Crippen LogP contribution in [-0.2, 0) is 0 Å². The molecular formula is C30H33F3O. The van der Waals surface area contributed by atoms with Crippen molar-refractivity contribution in [2.45, 2.75) is 70.6 Å². The van der Waals surface area contributed by atoms with Crippen LogP contribution in [0.3, 0.4) is 0 Å². The Morgan fingerprint density at radius 3 is 2.12 bits per heavy atom. The molecule has 0 aliphatic heterocycles. The predicted molar refractivity (Wildman–Crippen MR) is 131 cm³/mol. The van der Waals surface area contributed by atoms with Gasteiger partial charge in [-0.3, -0.25) is 0 Å². The molecule has 0 aromatic heterocycles. The van der Waals surface area contributed by atoms with Gasteiger partial charge in [0.05, 0.1) is 0 Å². The number of allylic oxidation sites excluding steroid dienone is 2. The Morgan fingerprint density at radius 1 is 0.853 bits per heavy atom. The second-order valence-electron chi connectivity index (χ2n) is 9.80. The molecule has 0 bridgehead atoms. The maximum absolute atomic E-state index is 12.3. The van der Waals surface area contributed by atoms with E-state index in [4.69, 9.17) is 0 Å². The highest BCUT2D eigenvalue weighted by Crippen LogP contribution is 2.48. The van der Waals surface area contributed by atoms with E-state index in [2.05, 4.69) is 59.9 Å². The van der Waals surface area contributed by atoms with Gasteiger partial charge < -0.3 is 4.74 Å². The first-order valence-corrected chi connectivity index (χ1v) is 12.5. The van der Waals surface area contributed by atoms with Gasteiger partial charge in [-0.25, -0.2) is 0 Å². The molecule has 0 heterocycles. The molecule has 2 aromatic carbocycles. The first kappa shape index (κ1) is 24.5. The second-order valence-corrected chi connectivity index (χ2v) is 9.80. The number of benzene rings is 2. The summed E-state index contributed by atoms with van der Waals surface area (Å²) in [5, 5.41) is 0. The Bertz CT molecular complexity index is 1010. The molecule has 0 saturated heterocycles. The third-order valence-electron chi connectivity index (χ3n) is 7.52. The van der Waals surface area contributed by atoms with E-state index in [0.717, 1.165) is 23.3 Å². The van der Waals surface area contributed by atoms with Crippen molar-refractivity contribution in [1.82, 2.24) is 0 Å². The lowest BCUT2D eigenvalue weighted by Crippen LogP contribution is -2.30. The summed E-state index contributed by atoms with van der Waals surface area (Å²) in [7, 11) is 0. The Labute approximate surface area is 201 Å². The normalized spacial score (nSPS) is 24.8. The molecular weight excluding hydrogens is 433 g/mol. The average Bonchev–Trinajstić information content (AvgIpc) is 2.83. The number of alkyl halides is 3. The molecule has 2 fully saturated rings. The van der Waals surface area contributed by atoms with E-state index in [1.807, 2.05) is 0 Å². The van der Waals surface area contributed by atoms with Gasteiger partial charge in [0.25, 0.3) is 0 Å². The molecule has 0 amide bonds. The second kappa shape index (κ2) is 11.2. The lowest BCUT2D eigenvalue weighted by molar-refractivity contribution is -0.274. The maximum atomic E-state index is 12.3. The van der Waals surface area contributed by atoms with Gasteiger partial charge in [0, 0.05) is 11.1 Å². The van der Waals surface area contributed by atoms with Crippen molar-refractivity contribution in [2.75, 3.05) is 0 Å². The quantitative estimate of drug-likeness (QED) is 0.316. The molecule has 0 radical (unpaired) electrons. The summed E-state index contributed by atoms with van der Waals surface area (Å²) in [6.07, 6.45) is 10.5. The number of rotatable bonds is 5. The molecule has 2 aliphatic rings. The van der Waals surface area contributed by atoms with E-state index < -0.39 is 6.36 Å². The number of halogens is 3. The summed E-state index contributed by atoms with van der Waals surface area (Å²) >= 11 is 0. The molecule has 2 aliphatic carbocycles. The minimum Gasteiger partial charge on any atom is -0.406 e. The first-order valence-electron chi connectivity index (χ1n) is 12.5. The fourth-order valence-electron chi connectivity index (χ4n) is 5.77. The molecule has 34 heavy (non-hydrogen) atoms. The van der Waals surface area contributed by atoms with Crippen LogP contribution in [0.2, 0.25) is 0 Å². The van der Waals surface area contributed by atoms with Gasteiger partial charge in [0.1, 0.15) is 5.75 Å². The highest BCUT2D eigenvalue weighted by atomic mass is 19.4. The highest BCUT2D eigenvalue weighted by Gasteiger charge is 2.35. The van der Waals surface area contributed by atoms with Gasteiger partial charge in [0.2, 0.25) is 0 Å². The van der Waals surface area contributed by atoms with Crippen molar-refractivity contribution in [3.05, 3.63) is 77.4 Å². The van der Waals surface area contributed by atoms with Gasteiger partial charge in [-0.05, 0) is 118 Å². The molecule has 1 nitrogen and oxygen atoms in total. The molecule has 180 valence electrons. The molecule has 4 rings (SSSR count). The molecule has 4 unspecified atom stereocenters. The molecule has 0 N–H and O–H groups in total. The van der Waals surface area contributed by atoms with Gasteiger partial charge in [-0.1, -0.05) is 42.5 Å². The lowest BCUT2D eigenvalue weighted by Gasteiger charge is -2.42. The number of hydrogen-bond donors (Lipinski definition) is 0. The van der Waals surface area contributed by atoms with Crippen LogP contribution in [0.15, 0.2) is 60.7 Å². The van der Waals surface area contributed by atoms with Gasteiger partial charge in [0.15, 0.2) is 0 Å². The van der Waals surface area contributed by atoms with E-state index >= 15 is 0 Å². The summed E-state index contributed by atoms with van der Waals surface area (Å²) in [4.78, 5) is 0. The van der Waals surface area contributed by atoms with Crippen molar-refractivity contribution in [1.29, 1.82) is 0 Å². The Morgan fingerprint density at radius 2 is 1.47 bits per heavy atom. The van der Waals surface area contributed by atoms with Crippen LogP contribution in [0.5, 0.6) is 5.75 Å². The van der Waals surface area contributed by atoms with Gasteiger partial charge in [-0.15, -0.1) is 13.2 Å². The fraction of sp³-hybridized carbons (Fsp3) is 0.467. The smallest absolute Gasteiger partial charge is 0.406 e. The van der Waals surface area contributed by atoms with E-state index in [-0.39, 0.29) is 5.75 Å². The lowest BCUT2D eigenvalue weighted by atomic mass is 9.63. The third-order valence-corrected chi connectivity index (χ3v) is 7.52. The van der Waals surface area contributed by atoms with Crippen molar-refractivity contribution in [3.63, 3.8) is 0 Å². The van der Waals surface area contributed by atoms with Crippen molar-refractivity contribution >= 4 is 0 Å². The largest absolute Gasteiger partial charge is 0.573 e. The number of hydrogen-bond acceptors (Lipinski definition) is 1. The fourth-order valence-corrected chi connectivity index (χ4v) is 5.77. The molecule has 2 saturated carbocycles. The zero-order valence-electron chi connectivity index (χ0n) is 19.8. The zero-order valence-corrected chi connectivity index (χ0v) is 19.8. The van der Waals surface area contributed by atoms with Crippen molar-refractivity contribution in [3.8, 4) is 17.6 Å². The van der Waals surface area contributed by atoms with Crippen LogP contribution in [-0.4, -0.2) is 6.36 Å². The predicted octanol–water partition coefficient (Wildman–Crippen LogP) is 8.64. The Hall–Kier alpha value is -2.67. The van der Waals surface area contributed by atoms with Crippen molar-refractivity contribution in [2.24, 2.45) is 17.8 Å². The highest BCUT2D eigenvalue weighted by molar-refractivity contribution is 5.45. The topological polar surface area (TPSA) is 9.23 Å². The molecule has 2 aromatic rings. The SMILES string of the molecule is C/C=C/CCC1CCC2CC(c3ccc(C#Cc4ccc(OC(F)(F)F)cc4)cc3)CCC2C1. The van der Waals surface area contributed by atoms with Gasteiger partial charge >= 0.3 is 6.36 Å². The van der Waals surface area contributed by atoms with Gasteiger partial charge in [-0.2, -0.15) is 0 Å². The number of fused-ring (bicyclic) bond motifs is 1. The monoisotopic (exact) mass is 466 g/mol. The summed E-state index contributed by atoms with van der Waals surface area (Å²) in [5.74, 6) is 9.24. The van der Waals surface area contributed by atoms with Crippen LogP contribution in [0, 0.1) is 29.6 Å². The summed E-state index contributed by atoms with van der Waals surface area (Å²) in [6, 6.07) is 14.2. The van der Waals surface area contributed by atoms with Crippen molar-refractivity contribution < 1.29 is 17.9 Å². The first-order chi connectivity index (χ1) is 16.4. The van der Waals surface area contributed by atoms with Crippen LogP contribution in [0.25, 0.3) is 0 Å². The maximum Gasteiger partial charge on any atom is 0.573 e. The molecule has 4 atom stereocenters. The standard InChI is InChI=1S/C30H33F3O/c1-2-3-4-5-24-10-15-28-21-27(17-16-26(28)20-24)25-13-8-22(9-14-25)6-7-23-11-18-29(19-12-23)34-30(31,32)33/h2-3,8-9,11-14,18-19,24,26-28H,4-5,10,15-17,20-21H2,1H3/b3-2+. The minimum absolute atomic E-state index is 0.237. The Balaban J connectivity index is 1.30. The zero-order chi connectivity index (χ0) is 24.0. The van der Waals surface area contributed by atoms with Crippen LogP contribution < -0.4 is 4.74 Å². The molecule has 4 heteroatoms. The molecule has 0 spiro atoms. The van der Waals surface area contributed by atoms with E-state index in [0.29, 0.717) is 11.5 Å². The minimum atomic E-state index is -4.68.